The average Bonchev–Trinajstić information content (AvgIpc) is 2.52. The van der Waals surface area contributed by atoms with Crippen LogP contribution in [0.25, 0.3) is 0 Å². The van der Waals surface area contributed by atoms with Gasteiger partial charge in [-0.2, -0.15) is 0 Å². The number of carbonyl (C=O) groups is 1. The van der Waals surface area contributed by atoms with E-state index < -0.39 is 10.0 Å². The number of amides is 1. The van der Waals surface area contributed by atoms with E-state index in [1.54, 1.807) is 12.1 Å². The summed E-state index contributed by atoms with van der Waals surface area (Å²) in [6, 6.07) is 4.84. The van der Waals surface area contributed by atoms with E-state index in [4.69, 9.17) is 4.74 Å². The van der Waals surface area contributed by atoms with Crippen molar-refractivity contribution in [3.8, 4) is 5.75 Å². The van der Waals surface area contributed by atoms with Crippen molar-refractivity contribution in [3.05, 3.63) is 23.8 Å². The van der Waals surface area contributed by atoms with Crippen molar-refractivity contribution in [3.63, 3.8) is 0 Å². The van der Waals surface area contributed by atoms with Crippen LogP contribution in [0.3, 0.4) is 0 Å². The average molecular weight is 342 g/mol. The molecule has 0 saturated heterocycles. The maximum Gasteiger partial charge on any atom is 0.242 e. The number of benzene rings is 1. The first-order valence-corrected chi connectivity index (χ1v) is 9.05. The van der Waals surface area contributed by atoms with E-state index in [1.807, 2.05) is 13.8 Å². The SMILES string of the molecule is CCC(C)NC(=O)CCc1cc(S(=O)(=O)N(C)C)ccc1OC. The minimum atomic E-state index is -3.51. The fourth-order valence-corrected chi connectivity index (χ4v) is 2.97. The third kappa shape index (κ3) is 5.21. The Morgan fingerprint density at radius 3 is 2.52 bits per heavy atom. The van der Waals surface area contributed by atoms with Crippen molar-refractivity contribution in [1.82, 2.24) is 9.62 Å². The summed E-state index contributed by atoms with van der Waals surface area (Å²) >= 11 is 0. The summed E-state index contributed by atoms with van der Waals surface area (Å²) in [6.07, 6.45) is 1.57. The van der Waals surface area contributed by atoms with E-state index in [2.05, 4.69) is 5.32 Å². The second-order valence-corrected chi connectivity index (χ2v) is 7.79. The van der Waals surface area contributed by atoms with E-state index in [0.29, 0.717) is 17.7 Å². The molecule has 0 aliphatic heterocycles. The van der Waals surface area contributed by atoms with Gasteiger partial charge in [0.15, 0.2) is 0 Å². The van der Waals surface area contributed by atoms with Crippen LogP contribution in [0.2, 0.25) is 0 Å². The summed E-state index contributed by atoms with van der Waals surface area (Å²) in [5.74, 6) is 0.529. The predicted molar refractivity (Wildman–Crippen MR) is 90.1 cm³/mol. The largest absolute Gasteiger partial charge is 0.496 e. The molecular weight excluding hydrogens is 316 g/mol. The maximum absolute atomic E-state index is 12.2. The fraction of sp³-hybridized carbons (Fsp3) is 0.562. The van der Waals surface area contributed by atoms with Gasteiger partial charge in [0.25, 0.3) is 0 Å². The highest BCUT2D eigenvalue weighted by molar-refractivity contribution is 7.89. The standard InChI is InChI=1S/C16H26N2O4S/c1-6-12(2)17-16(19)10-7-13-11-14(8-9-15(13)22-5)23(20,21)18(3)4/h8-9,11-12H,6-7,10H2,1-5H3,(H,17,19). The van der Waals surface area contributed by atoms with Crippen LogP contribution in [0.5, 0.6) is 5.75 Å². The van der Waals surface area contributed by atoms with Crippen LogP contribution < -0.4 is 10.1 Å². The summed E-state index contributed by atoms with van der Waals surface area (Å²) in [5, 5.41) is 2.89. The molecule has 0 fully saturated rings. The molecule has 0 aromatic heterocycles. The predicted octanol–water partition coefficient (Wildman–Crippen LogP) is 1.79. The molecule has 0 aliphatic rings. The van der Waals surface area contributed by atoms with Gasteiger partial charge in [0.05, 0.1) is 12.0 Å². The summed E-state index contributed by atoms with van der Waals surface area (Å²) in [4.78, 5) is 12.1. The molecule has 23 heavy (non-hydrogen) atoms. The first-order valence-electron chi connectivity index (χ1n) is 7.61. The van der Waals surface area contributed by atoms with E-state index in [0.717, 1.165) is 10.7 Å². The van der Waals surface area contributed by atoms with Gasteiger partial charge < -0.3 is 10.1 Å². The lowest BCUT2D eigenvalue weighted by Crippen LogP contribution is -2.32. The lowest BCUT2D eigenvalue weighted by molar-refractivity contribution is -0.121. The molecule has 1 aromatic rings. The molecule has 1 unspecified atom stereocenters. The Morgan fingerprint density at radius 1 is 1.35 bits per heavy atom. The highest BCUT2D eigenvalue weighted by Gasteiger charge is 2.19. The number of aryl methyl sites for hydroxylation is 1. The molecule has 0 bridgehead atoms. The van der Waals surface area contributed by atoms with Crippen LogP contribution >= 0.6 is 0 Å². The lowest BCUT2D eigenvalue weighted by atomic mass is 10.1. The summed E-state index contributed by atoms with van der Waals surface area (Å²) < 4.78 is 30.9. The van der Waals surface area contributed by atoms with Crippen LogP contribution in [0, 0.1) is 0 Å². The number of nitrogens with one attached hydrogen (secondary N) is 1. The summed E-state index contributed by atoms with van der Waals surface area (Å²) in [6.45, 7) is 3.95. The number of nitrogens with zero attached hydrogens (tertiary/aromatic N) is 1. The van der Waals surface area contributed by atoms with Gasteiger partial charge in [-0.25, -0.2) is 12.7 Å². The number of hydrogen-bond acceptors (Lipinski definition) is 4. The smallest absolute Gasteiger partial charge is 0.242 e. The Kier molecular flexibility index (Phi) is 7.02. The van der Waals surface area contributed by atoms with Crippen LogP contribution in [-0.4, -0.2) is 45.9 Å². The number of methoxy groups -OCH3 is 1. The number of rotatable bonds is 8. The van der Waals surface area contributed by atoms with E-state index in [1.165, 1.54) is 27.3 Å². The Morgan fingerprint density at radius 2 is 2.00 bits per heavy atom. The molecule has 1 rings (SSSR count). The molecule has 7 heteroatoms. The molecule has 1 amide bonds. The third-order valence-corrected chi connectivity index (χ3v) is 5.48. The molecule has 6 nitrogen and oxygen atoms in total. The summed E-state index contributed by atoms with van der Waals surface area (Å²) in [5.41, 5.74) is 0.703. The van der Waals surface area contributed by atoms with Gasteiger partial charge in [-0.1, -0.05) is 6.92 Å². The topological polar surface area (TPSA) is 75.7 Å². The molecular formula is C16H26N2O4S. The quantitative estimate of drug-likeness (QED) is 0.781. The molecule has 130 valence electrons. The van der Waals surface area contributed by atoms with Crippen LogP contribution in [0.4, 0.5) is 0 Å². The van der Waals surface area contributed by atoms with Gasteiger partial charge >= 0.3 is 0 Å². The van der Waals surface area contributed by atoms with Crippen molar-refractivity contribution < 1.29 is 17.9 Å². The van der Waals surface area contributed by atoms with E-state index in [-0.39, 0.29) is 23.3 Å². The zero-order valence-corrected chi connectivity index (χ0v) is 15.2. The van der Waals surface area contributed by atoms with Gasteiger partial charge in [0, 0.05) is 26.6 Å². The minimum absolute atomic E-state index is 0.0535. The zero-order valence-electron chi connectivity index (χ0n) is 14.4. The molecule has 1 atom stereocenters. The molecule has 1 N–H and O–H groups in total. The zero-order chi connectivity index (χ0) is 17.6. The molecule has 0 spiro atoms. The highest BCUT2D eigenvalue weighted by atomic mass is 32.2. The molecule has 0 heterocycles. The Hall–Kier alpha value is -1.60. The normalized spacial score (nSPS) is 13.0. The molecule has 0 aliphatic carbocycles. The number of hydrogen-bond donors (Lipinski definition) is 1. The van der Waals surface area contributed by atoms with Gasteiger partial charge in [-0.3, -0.25) is 4.79 Å². The van der Waals surface area contributed by atoms with Crippen molar-refractivity contribution in [2.75, 3.05) is 21.2 Å². The van der Waals surface area contributed by atoms with Crippen LogP contribution in [0.1, 0.15) is 32.3 Å². The van der Waals surface area contributed by atoms with E-state index in [9.17, 15) is 13.2 Å². The number of carbonyl (C=O) groups excluding carboxylic acids is 1. The molecule has 0 saturated carbocycles. The second-order valence-electron chi connectivity index (χ2n) is 5.64. The van der Waals surface area contributed by atoms with Crippen LogP contribution in [-0.2, 0) is 21.2 Å². The molecule has 1 aromatic carbocycles. The highest BCUT2D eigenvalue weighted by Crippen LogP contribution is 2.25. The Balaban J connectivity index is 2.95. The van der Waals surface area contributed by atoms with Gasteiger partial charge in [-0.15, -0.1) is 0 Å². The summed E-state index contributed by atoms with van der Waals surface area (Å²) in [7, 11) is 0.987. The number of ether oxygens (including phenoxy) is 1. The van der Waals surface area contributed by atoms with Crippen LogP contribution in [0.15, 0.2) is 23.1 Å². The monoisotopic (exact) mass is 342 g/mol. The van der Waals surface area contributed by atoms with E-state index >= 15 is 0 Å². The second kappa shape index (κ2) is 8.31. The fourth-order valence-electron chi connectivity index (χ4n) is 2.02. The third-order valence-electron chi connectivity index (χ3n) is 3.67. The maximum atomic E-state index is 12.2. The number of sulfonamides is 1. The van der Waals surface area contributed by atoms with Gasteiger partial charge in [0.1, 0.15) is 5.75 Å². The first kappa shape index (κ1) is 19.4. The Labute approximate surface area is 138 Å². The first-order chi connectivity index (χ1) is 10.7. The van der Waals surface area contributed by atoms with Gasteiger partial charge in [-0.05, 0) is 43.5 Å². The van der Waals surface area contributed by atoms with Crippen molar-refractivity contribution in [2.45, 2.75) is 44.0 Å². The van der Waals surface area contributed by atoms with Crippen molar-refractivity contribution in [2.24, 2.45) is 0 Å². The Bertz CT molecular complexity index is 641. The van der Waals surface area contributed by atoms with Gasteiger partial charge in [0.2, 0.25) is 15.9 Å². The lowest BCUT2D eigenvalue weighted by Gasteiger charge is -2.15. The van der Waals surface area contributed by atoms with Crippen molar-refractivity contribution >= 4 is 15.9 Å². The molecule has 0 radical (unpaired) electrons. The minimum Gasteiger partial charge on any atom is -0.496 e. The van der Waals surface area contributed by atoms with Crippen molar-refractivity contribution in [1.29, 1.82) is 0 Å².